The van der Waals surface area contributed by atoms with Crippen LogP contribution in [0.25, 0.3) is 0 Å². The van der Waals surface area contributed by atoms with Crippen molar-refractivity contribution in [2.24, 2.45) is 11.3 Å². The number of piperidine rings is 1. The molecular formula is C14H25N3O2. The molecule has 108 valence electrons. The summed E-state index contributed by atoms with van der Waals surface area (Å²) in [7, 11) is 1.66. The van der Waals surface area contributed by atoms with Crippen molar-refractivity contribution >= 4 is 11.9 Å². The predicted molar refractivity (Wildman–Crippen MR) is 73.7 cm³/mol. The number of nitrogens with zero attached hydrogens (tertiary/aromatic N) is 2. The van der Waals surface area contributed by atoms with E-state index in [1.54, 1.807) is 7.05 Å². The third-order valence-corrected chi connectivity index (χ3v) is 4.57. The lowest BCUT2D eigenvalue weighted by atomic mass is 9.89. The number of hydrogen-bond acceptors (Lipinski definition) is 2. The fourth-order valence-electron chi connectivity index (χ4n) is 3.01. The summed E-state index contributed by atoms with van der Waals surface area (Å²) < 4.78 is 0. The van der Waals surface area contributed by atoms with Gasteiger partial charge >= 0.3 is 6.03 Å². The lowest BCUT2D eigenvalue weighted by Gasteiger charge is -2.34. The maximum absolute atomic E-state index is 12.4. The van der Waals surface area contributed by atoms with Crippen molar-refractivity contribution in [3.05, 3.63) is 0 Å². The van der Waals surface area contributed by atoms with Gasteiger partial charge in [-0.1, -0.05) is 6.92 Å². The quantitative estimate of drug-likeness (QED) is 0.778. The van der Waals surface area contributed by atoms with E-state index in [-0.39, 0.29) is 11.9 Å². The summed E-state index contributed by atoms with van der Waals surface area (Å²) in [4.78, 5) is 28.1. The van der Waals surface area contributed by atoms with Gasteiger partial charge in [-0.15, -0.1) is 0 Å². The van der Waals surface area contributed by atoms with Crippen LogP contribution in [0.15, 0.2) is 0 Å². The second-order valence-electron chi connectivity index (χ2n) is 6.26. The number of amides is 3. The molecule has 0 radical (unpaired) electrons. The molecule has 2 rings (SSSR count). The fraction of sp³-hybridized carbons (Fsp3) is 0.857. The largest absolute Gasteiger partial charge is 0.359 e. The van der Waals surface area contributed by atoms with E-state index in [1.165, 1.54) is 0 Å². The first-order valence-corrected chi connectivity index (χ1v) is 7.22. The normalized spacial score (nSPS) is 28.6. The molecule has 0 aliphatic carbocycles. The van der Waals surface area contributed by atoms with Crippen LogP contribution in [0.5, 0.6) is 0 Å². The van der Waals surface area contributed by atoms with Crippen molar-refractivity contribution in [1.82, 2.24) is 15.1 Å². The molecule has 3 amide bonds. The maximum Gasteiger partial charge on any atom is 0.320 e. The molecule has 0 aromatic carbocycles. The lowest BCUT2D eigenvalue weighted by Crippen LogP contribution is -2.47. The average Bonchev–Trinajstić information content (AvgIpc) is 2.82. The average molecular weight is 267 g/mol. The zero-order valence-electron chi connectivity index (χ0n) is 12.2. The Morgan fingerprint density at radius 3 is 2.37 bits per heavy atom. The van der Waals surface area contributed by atoms with Crippen LogP contribution in [-0.2, 0) is 4.79 Å². The van der Waals surface area contributed by atoms with Crippen LogP contribution in [0, 0.1) is 11.3 Å². The summed E-state index contributed by atoms with van der Waals surface area (Å²) in [5, 5.41) is 2.70. The van der Waals surface area contributed by atoms with E-state index in [9.17, 15) is 9.59 Å². The van der Waals surface area contributed by atoms with Crippen LogP contribution in [-0.4, -0.2) is 55.0 Å². The Labute approximate surface area is 115 Å². The first-order valence-electron chi connectivity index (χ1n) is 7.22. The number of hydrogen-bond donors (Lipinski definition) is 1. The molecule has 2 aliphatic heterocycles. The van der Waals surface area contributed by atoms with Gasteiger partial charge in [-0.3, -0.25) is 4.79 Å². The van der Waals surface area contributed by atoms with Crippen molar-refractivity contribution in [2.75, 3.05) is 33.2 Å². The van der Waals surface area contributed by atoms with E-state index in [0.717, 1.165) is 38.3 Å². The molecule has 0 saturated carbocycles. The van der Waals surface area contributed by atoms with Crippen molar-refractivity contribution in [3.63, 3.8) is 0 Å². The van der Waals surface area contributed by atoms with E-state index >= 15 is 0 Å². The standard InChI is InChI=1S/C14H25N3O2/c1-11-4-7-16(8-5-11)13(19)17-9-6-14(2,10-17)12(18)15-3/h11H,4-10H2,1-3H3,(H,15,18). The molecule has 1 N–H and O–H groups in total. The molecule has 2 fully saturated rings. The Morgan fingerprint density at radius 1 is 1.16 bits per heavy atom. The molecule has 5 heteroatoms. The van der Waals surface area contributed by atoms with Crippen molar-refractivity contribution in [1.29, 1.82) is 0 Å². The number of urea groups is 1. The van der Waals surface area contributed by atoms with Gasteiger partial charge in [0.1, 0.15) is 0 Å². The van der Waals surface area contributed by atoms with Crippen molar-refractivity contribution < 1.29 is 9.59 Å². The van der Waals surface area contributed by atoms with Crippen LogP contribution in [0.4, 0.5) is 4.79 Å². The highest BCUT2D eigenvalue weighted by Gasteiger charge is 2.42. The maximum atomic E-state index is 12.4. The van der Waals surface area contributed by atoms with Gasteiger partial charge < -0.3 is 15.1 Å². The zero-order valence-corrected chi connectivity index (χ0v) is 12.2. The molecule has 2 saturated heterocycles. The second-order valence-corrected chi connectivity index (χ2v) is 6.26. The summed E-state index contributed by atoms with van der Waals surface area (Å²) in [6.45, 7) is 7.12. The van der Waals surface area contributed by atoms with Crippen molar-refractivity contribution in [3.8, 4) is 0 Å². The molecule has 2 heterocycles. The molecule has 0 aromatic rings. The van der Waals surface area contributed by atoms with Crippen molar-refractivity contribution in [2.45, 2.75) is 33.1 Å². The first kappa shape index (κ1) is 14.2. The Balaban J connectivity index is 1.93. The summed E-state index contributed by atoms with van der Waals surface area (Å²) in [5.41, 5.74) is -0.423. The first-order chi connectivity index (χ1) is 8.96. The molecular weight excluding hydrogens is 242 g/mol. The van der Waals surface area contributed by atoms with Crippen LogP contribution in [0.1, 0.15) is 33.1 Å². The molecule has 0 bridgehead atoms. The number of nitrogens with one attached hydrogen (secondary N) is 1. The SMILES string of the molecule is CNC(=O)C1(C)CCN(C(=O)N2CCC(C)CC2)C1. The molecule has 0 spiro atoms. The number of rotatable bonds is 1. The Morgan fingerprint density at radius 2 is 1.79 bits per heavy atom. The van der Waals surface area contributed by atoms with Gasteiger partial charge in [0.2, 0.25) is 5.91 Å². The van der Waals surface area contributed by atoms with Crippen LogP contribution >= 0.6 is 0 Å². The van der Waals surface area contributed by atoms with Gasteiger partial charge in [-0.2, -0.15) is 0 Å². The monoisotopic (exact) mass is 267 g/mol. The number of likely N-dealkylation sites (tertiary alicyclic amines) is 2. The van der Waals surface area contributed by atoms with Crippen LogP contribution < -0.4 is 5.32 Å². The Kier molecular flexibility index (Phi) is 4.02. The van der Waals surface area contributed by atoms with Crippen LogP contribution in [0.3, 0.4) is 0 Å². The molecule has 0 aromatic heterocycles. The highest BCUT2D eigenvalue weighted by atomic mass is 16.2. The van der Waals surface area contributed by atoms with Gasteiger partial charge in [0.05, 0.1) is 5.41 Å². The highest BCUT2D eigenvalue weighted by Crippen LogP contribution is 2.31. The summed E-state index contributed by atoms with van der Waals surface area (Å²) in [5.74, 6) is 0.758. The number of carbonyl (C=O) groups excluding carboxylic acids is 2. The lowest BCUT2D eigenvalue weighted by molar-refractivity contribution is -0.128. The van der Waals surface area contributed by atoms with E-state index in [2.05, 4.69) is 12.2 Å². The molecule has 1 unspecified atom stereocenters. The summed E-state index contributed by atoms with van der Waals surface area (Å²) >= 11 is 0. The molecule has 5 nitrogen and oxygen atoms in total. The van der Waals surface area contributed by atoms with Gasteiger partial charge in [0.25, 0.3) is 0 Å². The molecule has 19 heavy (non-hydrogen) atoms. The Bertz CT molecular complexity index is 364. The third kappa shape index (κ3) is 2.85. The zero-order chi connectivity index (χ0) is 14.0. The van der Waals surface area contributed by atoms with E-state index in [1.807, 2.05) is 16.7 Å². The topological polar surface area (TPSA) is 52.7 Å². The van der Waals surface area contributed by atoms with E-state index in [4.69, 9.17) is 0 Å². The van der Waals surface area contributed by atoms with Gasteiger partial charge in [-0.05, 0) is 32.1 Å². The smallest absolute Gasteiger partial charge is 0.320 e. The minimum Gasteiger partial charge on any atom is -0.359 e. The highest BCUT2D eigenvalue weighted by molar-refractivity contribution is 5.84. The summed E-state index contributed by atoms with van der Waals surface area (Å²) in [6, 6.07) is 0.111. The Hall–Kier alpha value is -1.26. The minimum atomic E-state index is -0.423. The third-order valence-electron chi connectivity index (χ3n) is 4.57. The number of carbonyl (C=O) groups is 2. The second kappa shape index (κ2) is 5.39. The summed E-state index contributed by atoms with van der Waals surface area (Å²) in [6.07, 6.45) is 2.93. The minimum absolute atomic E-state index is 0.0371. The van der Waals surface area contributed by atoms with Crippen LogP contribution in [0.2, 0.25) is 0 Å². The van der Waals surface area contributed by atoms with E-state index < -0.39 is 5.41 Å². The van der Waals surface area contributed by atoms with Gasteiger partial charge in [-0.25, -0.2) is 4.79 Å². The van der Waals surface area contributed by atoms with E-state index in [0.29, 0.717) is 13.1 Å². The fourth-order valence-corrected chi connectivity index (χ4v) is 3.01. The molecule has 1 atom stereocenters. The molecule has 2 aliphatic rings. The van der Waals surface area contributed by atoms with Gasteiger partial charge in [0.15, 0.2) is 0 Å². The van der Waals surface area contributed by atoms with Gasteiger partial charge in [0, 0.05) is 33.2 Å². The predicted octanol–water partition coefficient (Wildman–Crippen LogP) is 1.30.